The first-order valence-electron chi connectivity index (χ1n) is 8.27. The first-order chi connectivity index (χ1) is 12.9. The maximum atomic E-state index is 12.8. The lowest BCUT2D eigenvalue weighted by Gasteiger charge is -2.13. The van der Waals surface area contributed by atoms with Crippen LogP contribution in [0.5, 0.6) is 5.75 Å². The molecule has 8 nitrogen and oxygen atoms in total. The van der Waals surface area contributed by atoms with Gasteiger partial charge in [-0.05, 0) is 50.6 Å². The van der Waals surface area contributed by atoms with Crippen LogP contribution in [0.4, 0.5) is 0 Å². The van der Waals surface area contributed by atoms with Gasteiger partial charge in [-0.1, -0.05) is 0 Å². The van der Waals surface area contributed by atoms with Crippen molar-refractivity contribution in [1.29, 1.82) is 0 Å². The van der Waals surface area contributed by atoms with E-state index in [2.05, 4.69) is 15.2 Å². The highest BCUT2D eigenvalue weighted by Crippen LogP contribution is 2.23. The Labute approximate surface area is 155 Å². The maximum Gasteiger partial charge on any atom is 0.339 e. The summed E-state index contributed by atoms with van der Waals surface area (Å²) in [5, 5.41) is 7.47. The van der Waals surface area contributed by atoms with E-state index in [0.29, 0.717) is 34.2 Å². The van der Waals surface area contributed by atoms with Crippen LogP contribution in [0, 0.1) is 13.8 Å². The summed E-state index contributed by atoms with van der Waals surface area (Å²) in [6.45, 7) is 5.08. The number of methoxy groups -OCH3 is 1. The van der Waals surface area contributed by atoms with Crippen molar-refractivity contribution in [1.82, 2.24) is 15.2 Å². The smallest absolute Gasteiger partial charge is 0.339 e. The molecule has 0 aliphatic rings. The van der Waals surface area contributed by atoms with Gasteiger partial charge in [-0.2, -0.15) is 0 Å². The van der Waals surface area contributed by atoms with Crippen molar-refractivity contribution < 1.29 is 23.5 Å². The lowest BCUT2D eigenvalue weighted by molar-refractivity contribution is 0.0599. The van der Waals surface area contributed by atoms with Crippen molar-refractivity contribution in [2.24, 2.45) is 0 Å². The summed E-state index contributed by atoms with van der Waals surface area (Å²) in [7, 11) is 1.30. The van der Waals surface area contributed by atoms with Gasteiger partial charge in [0.05, 0.1) is 18.4 Å². The van der Waals surface area contributed by atoms with Gasteiger partial charge < -0.3 is 18.9 Å². The molecule has 0 saturated heterocycles. The number of aryl methyl sites for hydroxylation is 1. The SMILES string of the molecule is COC(=O)c1c(C)[nH]c(C(=O)[C@@H](C)Oc2ccc(-c3nnco3)cc2)c1C. The molecular formula is C19H19N3O5. The molecule has 0 saturated carbocycles. The molecule has 0 aliphatic carbocycles. The molecule has 1 aromatic carbocycles. The van der Waals surface area contributed by atoms with E-state index in [-0.39, 0.29) is 5.78 Å². The molecule has 0 bridgehead atoms. The van der Waals surface area contributed by atoms with Crippen LogP contribution in [0.3, 0.4) is 0 Å². The van der Waals surface area contributed by atoms with E-state index >= 15 is 0 Å². The van der Waals surface area contributed by atoms with Crippen molar-refractivity contribution in [3.8, 4) is 17.2 Å². The van der Waals surface area contributed by atoms with Crippen LogP contribution in [-0.2, 0) is 4.74 Å². The topological polar surface area (TPSA) is 107 Å². The number of esters is 1. The first-order valence-corrected chi connectivity index (χ1v) is 8.27. The monoisotopic (exact) mass is 369 g/mol. The molecule has 27 heavy (non-hydrogen) atoms. The third kappa shape index (κ3) is 3.59. The average Bonchev–Trinajstić information content (AvgIpc) is 3.29. The molecule has 2 aromatic heterocycles. The molecule has 8 heteroatoms. The van der Waals surface area contributed by atoms with Crippen molar-refractivity contribution in [3.63, 3.8) is 0 Å². The van der Waals surface area contributed by atoms with Gasteiger partial charge in [0.2, 0.25) is 18.1 Å². The molecule has 0 fully saturated rings. The second kappa shape index (κ2) is 7.45. The minimum Gasteiger partial charge on any atom is -0.483 e. The van der Waals surface area contributed by atoms with Gasteiger partial charge in [0, 0.05) is 11.3 Å². The normalized spacial score (nSPS) is 11.9. The summed E-state index contributed by atoms with van der Waals surface area (Å²) in [5.41, 5.74) is 2.59. The van der Waals surface area contributed by atoms with E-state index in [9.17, 15) is 9.59 Å². The molecule has 0 aliphatic heterocycles. The number of ketones is 1. The minimum absolute atomic E-state index is 0.258. The predicted octanol–water partition coefficient (Wildman–Crippen LogP) is 3.12. The fourth-order valence-corrected chi connectivity index (χ4v) is 2.84. The number of hydrogen-bond donors (Lipinski definition) is 1. The zero-order valence-corrected chi connectivity index (χ0v) is 15.4. The van der Waals surface area contributed by atoms with E-state index in [1.165, 1.54) is 13.5 Å². The number of hydrogen-bond acceptors (Lipinski definition) is 7. The largest absolute Gasteiger partial charge is 0.483 e. The average molecular weight is 369 g/mol. The van der Waals surface area contributed by atoms with Crippen molar-refractivity contribution in [3.05, 3.63) is 53.2 Å². The third-order valence-electron chi connectivity index (χ3n) is 4.22. The first kappa shape index (κ1) is 18.4. The van der Waals surface area contributed by atoms with E-state index in [1.54, 1.807) is 45.0 Å². The molecule has 140 valence electrons. The molecule has 3 rings (SSSR count). The number of carbonyl (C=O) groups excluding carboxylic acids is 2. The Balaban J connectivity index is 1.75. The van der Waals surface area contributed by atoms with Gasteiger partial charge in [-0.25, -0.2) is 4.79 Å². The molecular weight excluding hydrogens is 350 g/mol. The Morgan fingerprint density at radius 1 is 1.19 bits per heavy atom. The highest BCUT2D eigenvalue weighted by Gasteiger charge is 2.26. The van der Waals surface area contributed by atoms with Gasteiger partial charge in [0.15, 0.2) is 6.10 Å². The van der Waals surface area contributed by atoms with Crippen LogP contribution in [0.15, 0.2) is 35.1 Å². The number of ether oxygens (including phenoxy) is 2. The van der Waals surface area contributed by atoms with Crippen LogP contribution in [-0.4, -0.2) is 40.1 Å². The number of Topliss-reactive ketones (excluding diaryl/α,β-unsaturated/α-hetero) is 1. The number of nitrogens with zero attached hydrogens (tertiary/aromatic N) is 2. The zero-order chi connectivity index (χ0) is 19.6. The maximum absolute atomic E-state index is 12.8. The van der Waals surface area contributed by atoms with Crippen molar-refractivity contribution in [2.75, 3.05) is 7.11 Å². The molecule has 0 amide bonds. The summed E-state index contributed by atoms with van der Waals surface area (Å²) in [6, 6.07) is 6.96. The van der Waals surface area contributed by atoms with Crippen molar-refractivity contribution >= 4 is 11.8 Å². The molecule has 0 radical (unpaired) electrons. The Morgan fingerprint density at radius 2 is 1.89 bits per heavy atom. The summed E-state index contributed by atoms with van der Waals surface area (Å²) >= 11 is 0. The Hall–Kier alpha value is -3.42. The number of carbonyl (C=O) groups is 2. The highest BCUT2D eigenvalue weighted by atomic mass is 16.5. The molecule has 2 heterocycles. The highest BCUT2D eigenvalue weighted by molar-refractivity contribution is 6.03. The van der Waals surface area contributed by atoms with Gasteiger partial charge in [-0.3, -0.25) is 4.79 Å². The molecule has 1 N–H and O–H groups in total. The van der Waals surface area contributed by atoms with Gasteiger partial charge in [0.25, 0.3) is 0 Å². The zero-order valence-electron chi connectivity index (χ0n) is 15.4. The summed E-state index contributed by atoms with van der Waals surface area (Å²) in [4.78, 5) is 27.6. The number of H-pyrrole nitrogens is 1. The number of nitrogens with one attached hydrogen (secondary N) is 1. The van der Waals surface area contributed by atoms with E-state index < -0.39 is 12.1 Å². The number of benzene rings is 1. The van der Waals surface area contributed by atoms with E-state index in [4.69, 9.17) is 13.9 Å². The third-order valence-corrected chi connectivity index (χ3v) is 4.22. The minimum atomic E-state index is -0.749. The van der Waals surface area contributed by atoms with Gasteiger partial charge in [0.1, 0.15) is 5.75 Å². The Morgan fingerprint density at radius 3 is 2.48 bits per heavy atom. The summed E-state index contributed by atoms with van der Waals surface area (Å²) < 4.78 is 15.6. The summed E-state index contributed by atoms with van der Waals surface area (Å²) in [6.07, 6.45) is 0.505. The second-order valence-corrected chi connectivity index (χ2v) is 6.01. The molecule has 3 aromatic rings. The molecule has 1 atom stereocenters. The number of aromatic amines is 1. The lowest BCUT2D eigenvalue weighted by atomic mass is 10.1. The van der Waals surface area contributed by atoms with Crippen LogP contribution in [0.2, 0.25) is 0 Å². The van der Waals surface area contributed by atoms with Crippen molar-refractivity contribution in [2.45, 2.75) is 26.9 Å². The fraction of sp³-hybridized carbons (Fsp3) is 0.263. The van der Waals surface area contributed by atoms with Crippen LogP contribution in [0.1, 0.15) is 39.0 Å². The molecule has 0 spiro atoms. The van der Waals surface area contributed by atoms with Gasteiger partial charge in [-0.15, -0.1) is 10.2 Å². The predicted molar refractivity (Wildman–Crippen MR) is 95.8 cm³/mol. The van der Waals surface area contributed by atoms with E-state index in [1.807, 2.05) is 0 Å². The molecule has 0 unspecified atom stereocenters. The standard InChI is InChI=1S/C19H19N3O5/c1-10-15(19(24)25-4)11(2)21-16(10)17(23)12(3)27-14-7-5-13(6-8-14)18-22-20-9-26-18/h5-9,12,21H,1-4H3/t12-/m1/s1. The Bertz CT molecular complexity index is 958. The van der Waals surface area contributed by atoms with Crippen LogP contribution >= 0.6 is 0 Å². The quantitative estimate of drug-likeness (QED) is 0.525. The van der Waals surface area contributed by atoms with Crippen LogP contribution < -0.4 is 4.74 Å². The number of aromatic nitrogens is 3. The lowest BCUT2D eigenvalue weighted by Crippen LogP contribution is -2.25. The van der Waals surface area contributed by atoms with Crippen LogP contribution in [0.25, 0.3) is 11.5 Å². The van der Waals surface area contributed by atoms with Gasteiger partial charge >= 0.3 is 5.97 Å². The Kier molecular flexibility index (Phi) is 5.07. The number of rotatable bonds is 6. The fourth-order valence-electron chi connectivity index (χ4n) is 2.84. The summed E-state index contributed by atoms with van der Waals surface area (Å²) in [5.74, 6) is 0.184. The van der Waals surface area contributed by atoms with E-state index in [0.717, 1.165) is 5.56 Å². The second-order valence-electron chi connectivity index (χ2n) is 6.01.